The molecule has 90 valence electrons. The zero-order valence-corrected chi connectivity index (χ0v) is 10.8. The van der Waals surface area contributed by atoms with Gasteiger partial charge in [0.1, 0.15) is 10.6 Å². The molecule has 0 saturated heterocycles. The summed E-state index contributed by atoms with van der Waals surface area (Å²) in [5.41, 5.74) is 1.83. The molecule has 0 spiro atoms. The zero-order valence-electron chi connectivity index (χ0n) is 10.0. The highest BCUT2D eigenvalue weighted by Gasteiger charge is 2.21. The van der Waals surface area contributed by atoms with Gasteiger partial charge >= 0.3 is 5.97 Å². The van der Waals surface area contributed by atoms with Gasteiger partial charge in [0.2, 0.25) is 5.13 Å². The third kappa shape index (κ3) is 1.93. The summed E-state index contributed by atoms with van der Waals surface area (Å²) in [6.07, 6.45) is 0. The van der Waals surface area contributed by atoms with Crippen molar-refractivity contribution in [1.82, 2.24) is 20.0 Å². The highest BCUT2D eigenvalue weighted by molar-refractivity contribution is 7.13. The molecule has 2 aromatic rings. The summed E-state index contributed by atoms with van der Waals surface area (Å²) < 4.78 is 6.34. The van der Waals surface area contributed by atoms with Crippen LogP contribution in [0.1, 0.15) is 26.8 Å². The van der Waals surface area contributed by atoms with Crippen LogP contribution in [0.4, 0.5) is 0 Å². The summed E-state index contributed by atoms with van der Waals surface area (Å²) in [4.78, 5) is 11.6. The zero-order chi connectivity index (χ0) is 12.6. The van der Waals surface area contributed by atoms with Crippen molar-refractivity contribution in [2.24, 2.45) is 0 Å². The summed E-state index contributed by atoms with van der Waals surface area (Å²) >= 11 is 1.42. The van der Waals surface area contributed by atoms with E-state index in [0.717, 1.165) is 5.01 Å². The van der Waals surface area contributed by atoms with Gasteiger partial charge in [-0.3, -0.25) is 0 Å². The maximum atomic E-state index is 11.6. The molecule has 0 fully saturated rings. The first kappa shape index (κ1) is 11.7. The van der Waals surface area contributed by atoms with Crippen molar-refractivity contribution >= 4 is 17.3 Å². The Bertz CT molecular complexity index is 573. The Kier molecular flexibility index (Phi) is 2.93. The molecule has 0 unspecified atom stereocenters. The number of hydrogen-bond acceptors (Lipinski definition) is 6. The summed E-state index contributed by atoms with van der Waals surface area (Å²) in [6.45, 7) is 5.45. The maximum absolute atomic E-state index is 11.6. The van der Waals surface area contributed by atoms with Crippen LogP contribution >= 0.6 is 11.3 Å². The Labute approximate surface area is 102 Å². The second-order valence-corrected chi connectivity index (χ2v) is 4.71. The minimum absolute atomic E-state index is 0.382. The van der Waals surface area contributed by atoms with Crippen LogP contribution < -0.4 is 0 Å². The van der Waals surface area contributed by atoms with E-state index >= 15 is 0 Å². The first-order chi connectivity index (χ1) is 8.04. The van der Waals surface area contributed by atoms with Gasteiger partial charge in [0.15, 0.2) is 0 Å². The first-order valence-electron chi connectivity index (χ1n) is 4.99. The molecule has 0 radical (unpaired) electrons. The van der Waals surface area contributed by atoms with E-state index in [2.05, 4.69) is 15.3 Å². The van der Waals surface area contributed by atoms with E-state index in [1.54, 1.807) is 11.6 Å². The van der Waals surface area contributed by atoms with Crippen molar-refractivity contribution in [2.75, 3.05) is 7.11 Å². The van der Waals surface area contributed by atoms with E-state index in [0.29, 0.717) is 22.1 Å². The molecule has 0 amide bonds. The number of hydrogen-bond donors (Lipinski definition) is 0. The third-order valence-corrected chi connectivity index (χ3v) is 3.19. The smallest absolute Gasteiger partial charge is 0.341 e. The van der Waals surface area contributed by atoms with Crippen LogP contribution in [0.25, 0.3) is 5.13 Å². The molecule has 0 N–H and O–H groups in total. The molecule has 0 bridgehead atoms. The maximum Gasteiger partial charge on any atom is 0.341 e. The van der Waals surface area contributed by atoms with E-state index in [4.69, 9.17) is 4.74 Å². The molecule has 2 rings (SSSR count). The average molecular weight is 252 g/mol. The van der Waals surface area contributed by atoms with Gasteiger partial charge in [0.25, 0.3) is 0 Å². The van der Waals surface area contributed by atoms with Crippen LogP contribution in [0.3, 0.4) is 0 Å². The van der Waals surface area contributed by atoms with E-state index in [-0.39, 0.29) is 5.97 Å². The Morgan fingerprint density at radius 2 is 2.00 bits per heavy atom. The lowest BCUT2D eigenvalue weighted by atomic mass is 10.2. The van der Waals surface area contributed by atoms with Crippen molar-refractivity contribution in [2.45, 2.75) is 20.8 Å². The number of carbonyl (C=O) groups is 1. The number of carbonyl (C=O) groups excluding carboxylic acids is 1. The largest absolute Gasteiger partial charge is 0.465 e. The summed E-state index contributed by atoms with van der Waals surface area (Å²) in [7, 11) is 1.35. The van der Waals surface area contributed by atoms with Crippen LogP contribution in [0, 0.1) is 20.8 Å². The van der Waals surface area contributed by atoms with Gasteiger partial charge < -0.3 is 4.74 Å². The van der Waals surface area contributed by atoms with Gasteiger partial charge in [-0.05, 0) is 20.8 Å². The second kappa shape index (κ2) is 4.25. The number of esters is 1. The third-order valence-electron chi connectivity index (χ3n) is 2.38. The lowest BCUT2D eigenvalue weighted by molar-refractivity contribution is 0.0599. The highest BCUT2D eigenvalue weighted by atomic mass is 32.1. The highest BCUT2D eigenvalue weighted by Crippen LogP contribution is 2.20. The van der Waals surface area contributed by atoms with Gasteiger partial charge in [-0.1, -0.05) is 11.3 Å². The number of ether oxygens (including phenoxy) is 1. The van der Waals surface area contributed by atoms with Crippen LogP contribution in [-0.4, -0.2) is 33.1 Å². The molecule has 2 heterocycles. The van der Waals surface area contributed by atoms with Gasteiger partial charge in [-0.2, -0.15) is 5.10 Å². The van der Waals surface area contributed by atoms with Gasteiger partial charge in [0.05, 0.1) is 18.5 Å². The minimum Gasteiger partial charge on any atom is -0.465 e. The molecular formula is C10H12N4O2S. The van der Waals surface area contributed by atoms with E-state index in [1.165, 1.54) is 18.4 Å². The van der Waals surface area contributed by atoms with E-state index < -0.39 is 0 Å². The topological polar surface area (TPSA) is 69.9 Å². The predicted octanol–water partition coefficient (Wildman–Crippen LogP) is 1.44. The number of methoxy groups -OCH3 is 1. The van der Waals surface area contributed by atoms with Gasteiger partial charge in [0, 0.05) is 0 Å². The molecule has 0 saturated carbocycles. The first-order valence-corrected chi connectivity index (χ1v) is 5.81. The molecule has 0 atom stereocenters. The van der Waals surface area contributed by atoms with E-state index in [9.17, 15) is 4.79 Å². The molecule has 0 aliphatic heterocycles. The molecule has 6 nitrogen and oxygen atoms in total. The van der Waals surface area contributed by atoms with Crippen molar-refractivity contribution in [3.05, 3.63) is 22.0 Å². The molecule has 0 aromatic carbocycles. The summed E-state index contributed by atoms with van der Waals surface area (Å²) in [5, 5.41) is 13.7. The predicted molar refractivity (Wildman–Crippen MR) is 62.6 cm³/mol. The Hall–Kier alpha value is -1.76. The molecule has 0 aliphatic carbocycles. The van der Waals surface area contributed by atoms with Crippen LogP contribution in [0.15, 0.2) is 0 Å². The average Bonchev–Trinajstić information content (AvgIpc) is 2.82. The monoisotopic (exact) mass is 252 g/mol. The van der Waals surface area contributed by atoms with Crippen LogP contribution in [-0.2, 0) is 4.74 Å². The Balaban J connectivity index is 2.54. The molecule has 2 aromatic heterocycles. The Morgan fingerprint density at radius 3 is 2.53 bits per heavy atom. The van der Waals surface area contributed by atoms with Crippen molar-refractivity contribution in [3.8, 4) is 5.13 Å². The normalized spacial score (nSPS) is 10.6. The Morgan fingerprint density at radius 1 is 1.29 bits per heavy atom. The minimum atomic E-state index is -0.382. The van der Waals surface area contributed by atoms with Crippen molar-refractivity contribution < 1.29 is 9.53 Å². The molecule has 17 heavy (non-hydrogen) atoms. The van der Waals surface area contributed by atoms with Crippen molar-refractivity contribution in [1.29, 1.82) is 0 Å². The number of aromatic nitrogens is 4. The second-order valence-electron chi connectivity index (χ2n) is 3.55. The van der Waals surface area contributed by atoms with Crippen molar-refractivity contribution in [3.63, 3.8) is 0 Å². The number of aryl methyl sites for hydroxylation is 2. The lowest BCUT2D eigenvalue weighted by Crippen LogP contribution is -2.05. The number of nitrogens with zero attached hydrogens (tertiary/aromatic N) is 4. The quantitative estimate of drug-likeness (QED) is 0.756. The fraction of sp³-hybridized carbons (Fsp3) is 0.400. The van der Waals surface area contributed by atoms with Gasteiger partial charge in [-0.25, -0.2) is 9.48 Å². The standard InChI is InChI=1S/C10H12N4O2S/c1-5-8(9(15)16-4)6(2)14(13-5)10-12-11-7(3)17-10/h1-4H3. The van der Waals surface area contributed by atoms with Gasteiger partial charge in [-0.15, -0.1) is 10.2 Å². The SMILES string of the molecule is COC(=O)c1c(C)nn(-c2nnc(C)s2)c1C. The summed E-state index contributed by atoms with van der Waals surface area (Å²) in [5.74, 6) is -0.382. The summed E-state index contributed by atoms with van der Waals surface area (Å²) in [6, 6.07) is 0. The molecular weight excluding hydrogens is 240 g/mol. The van der Waals surface area contributed by atoms with Crippen LogP contribution in [0.2, 0.25) is 0 Å². The number of rotatable bonds is 2. The van der Waals surface area contributed by atoms with Crippen LogP contribution in [0.5, 0.6) is 0 Å². The molecule has 7 heteroatoms. The molecule has 0 aliphatic rings. The lowest BCUT2D eigenvalue weighted by Gasteiger charge is -1.99. The fourth-order valence-electron chi connectivity index (χ4n) is 1.60. The fourth-order valence-corrected chi connectivity index (χ4v) is 2.29. The van der Waals surface area contributed by atoms with E-state index in [1.807, 2.05) is 13.8 Å².